The van der Waals surface area contributed by atoms with Gasteiger partial charge in [-0.1, -0.05) is 38.1 Å². The number of methoxy groups -OCH3 is 1. The second kappa shape index (κ2) is 13.9. The van der Waals surface area contributed by atoms with Crippen molar-refractivity contribution in [1.29, 1.82) is 0 Å². The maximum Gasteiger partial charge on any atom is 0.251 e. The van der Waals surface area contributed by atoms with Gasteiger partial charge in [-0.3, -0.25) is 4.79 Å². The van der Waals surface area contributed by atoms with E-state index in [4.69, 9.17) is 4.74 Å². The molecule has 1 aromatic rings. The third kappa shape index (κ3) is 7.97. The van der Waals surface area contributed by atoms with Crippen molar-refractivity contribution in [1.82, 2.24) is 0 Å². The van der Waals surface area contributed by atoms with E-state index in [0.29, 0.717) is 36.8 Å². The molecule has 1 aromatic carbocycles. The minimum atomic E-state index is -0.786. The predicted octanol–water partition coefficient (Wildman–Crippen LogP) is 4.25. The SMILES string of the molecule is CO[C@H]1/C(C)=C/[C@@H](C)[C@H](O)[C@@H](CO)C[C@@H](C)Cc2cccc(c2F)NC(=O)/C(C)=C/CC[C@@H]1CO. The molecule has 196 valence electrons. The Hall–Kier alpha value is -2.06. The third-order valence-corrected chi connectivity index (χ3v) is 7.09. The zero-order valence-corrected chi connectivity index (χ0v) is 21.6. The van der Waals surface area contributed by atoms with E-state index in [1.165, 1.54) is 0 Å². The van der Waals surface area contributed by atoms with Crippen LogP contribution in [0.5, 0.6) is 0 Å². The lowest BCUT2D eigenvalue weighted by atomic mass is 9.82. The molecule has 35 heavy (non-hydrogen) atoms. The molecule has 4 N–H and O–H groups in total. The highest BCUT2D eigenvalue weighted by atomic mass is 19.1. The fourth-order valence-electron chi connectivity index (χ4n) is 5.08. The molecule has 6 atom stereocenters. The highest BCUT2D eigenvalue weighted by molar-refractivity contribution is 6.03. The lowest BCUT2D eigenvalue weighted by molar-refractivity contribution is -0.112. The molecule has 0 radical (unpaired) electrons. The van der Waals surface area contributed by atoms with E-state index < -0.39 is 11.9 Å². The molecule has 1 aliphatic heterocycles. The molecule has 0 aromatic heterocycles. The van der Waals surface area contributed by atoms with Gasteiger partial charge in [-0.15, -0.1) is 0 Å². The average molecular weight is 492 g/mol. The van der Waals surface area contributed by atoms with Crippen LogP contribution in [-0.2, 0) is 16.0 Å². The summed E-state index contributed by atoms with van der Waals surface area (Å²) in [5, 5.41) is 33.7. The van der Waals surface area contributed by atoms with Crippen molar-refractivity contribution in [2.45, 2.75) is 65.6 Å². The van der Waals surface area contributed by atoms with E-state index in [-0.39, 0.29) is 54.6 Å². The summed E-state index contributed by atoms with van der Waals surface area (Å²) in [6, 6.07) is 4.96. The van der Waals surface area contributed by atoms with E-state index in [0.717, 1.165) is 5.57 Å². The molecule has 6 nitrogen and oxygen atoms in total. The van der Waals surface area contributed by atoms with Crippen LogP contribution in [-0.4, -0.2) is 53.8 Å². The van der Waals surface area contributed by atoms with Crippen molar-refractivity contribution >= 4 is 11.6 Å². The molecule has 2 rings (SSSR count). The molecule has 0 saturated heterocycles. The summed E-state index contributed by atoms with van der Waals surface area (Å²) in [6.07, 6.45) is 4.67. The van der Waals surface area contributed by atoms with Crippen molar-refractivity contribution in [3.63, 3.8) is 0 Å². The monoisotopic (exact) mass is 491 g/mol. The summed E-state index contributed by atoms with van der Waals surface area (Å²) in [5.74, 6) is -1.66. The van der Waals surface area contributed by atoms with Crippen LogP contribution in [0.2, 0.25) is 0 Å². The Bertz CT molecular complexity index is 899. The minimum absolute atomic E-state index is 0.00580. The quantitative estimate of drug-likeness (QED) is 0.474. The Morgan fingerprint density at radius 2 is 1.83 bits per heavy atom. The van der Waals surface area contributed by atoms with Crippen molar-refractivity contribution in [2.24, 2.45) is 23.7 Å². The third-order valence-electron chi connectivity index (χ3n) is 7.09. The summed E-state index contributed by atoms with van der Waals surface area (Å²) >= 11 is 0. The fraction of sp³-hybridized carbons (Fsp3) is 0.607. The molecule has 0 saturated carbocycles. The number of anilines is 1. The molecule has 1 amide bonds. The Morgan fingerprint density at radius 1 is 1.14 bits per heavy atom. The van der Waals surface area contributed by atoms with Gasteiger partial charge >= 0.3 is 0 Å². The molecule has 0 aliphatic carbocycles. The number of fused-ring (bicyclic) bond motifs is 2. The summed E-state index contributed by atoms with van der Waals surface area (Å²) < 4.78 is 20.9. The molecule has 0 spiro atoms. The number of amides is 1. The Labute approximate surface area is 208 Å². The molecule has 1 heterocycles. The van der Waals surface area contributed by atoms with E-state index in [1.807, 2.05) is 26.8 Å². The van der Waals surface area contributed by atoms with Gasteiger partial charge in [-0.2, -0.15) is 0 Å². The van der Waals surface area contributed by atoms with Crippen LogP contribution in [0.15, 0.2) is 41.5 Å². The Kier molecular flexibility index (Phi) is 11.6. The summed E-state index contributed by atoms with van der Waals surface area (Å²) in [5.41, 5.74) is 1.99. The van der Waals surface area contributed by atoms with Crippen molar-refractivity contribution in [2.75, 3.05) is 25.6 Å². The van der Waals surface area contributed by atoms with Gasteiger partial charge in [-0.25, -0.2) is 4.39 Å². The first-order valence-electron chi connectivity index (χ1n) is 12.5. The van der Waals surface area contributed by atoms with Crippen LogP contribution in [0.25, 0.3) is 0 Å². The highest BCUT2D eigenvalue weighted by Gasteiger charge is 2.28. The van der Waals surface area contributed by atoms with E-state index in [9.17, 15) is 20.1 Å². The number of hydrogen-bond donors (Lipinski definition) is 4. The van der Waals surface area contributed by atoms with Crippen LogP contribution >= 0.6 is 0 Å². The summed E-state index contributed by atoms with van der Waals surface area (Å²) in [6.45, 7) is 7.20. The zero-order valence-electron chi connectivity index (χ0n) is 21.6. The number of aliphatic hydroxyl groups is 3. The Balaban J connectivity index is 2.43. The van der Waals surface area contributed by atoms with E-state index in [2.05, 4.69) is 5.32 Å². The van der Waals surface area contributed by atoms with Crippen LogP contribution < -0.4 is 5.32 Å². The normalized spacial score (nSPS) is 32.8. The summed E-state index contributed by atoms with van der Waals surface area (Å²) in [7, 11) is 1.59. The number of rotatable bonds is 3. The zero-order chi connectivity index (χ0) is 26.1. The van der Waals surface area contributed by atoms with E-state index in [1.54, 1.807) is 38.3 Å². The first kappa shape index (κ1) is 29.2. The second-order valence-electron chi connectivity index (χ2n) is 10.0. The number of allylic oxidation sites excluding steroid dienone is 1. The maximum atomic E-state index is 15.2. The number of carbonyl (C=O) groups excluding carboxylic acids is 1. The van der Waals surface area contributed by atoms with Gasteiger partial charge in [0.2, 0.25) is 0 Å². The van der Waals surface area contributed by atoms with Gasteiger partial charge in [0.05, 0.1) is 17.9 Å². The molecular weight excluding hydrogens is 449 g/mol. The first-order chi connectivity index (χ1) is 16.6. The van der Waals surface area contributed by atoms with Gasteiger partial charge in [0.15, 0.2) is 0 Å². The number of halogens is 1. The van der Waals surface area contributed by atoms with Gasteiger partial charge in [0.1, 0.15) is 5.82 Å². The Morgan fingerprint density at radius 3 is 2.46 bits per heavy atom. The number of hydrogen-bond acceptors (Lipinski definition) is 5. The predicted molar refractivity (Wildman–Crippen MR) is 136 cm³/mol. The van der Waals surface area contributed by atoms with Gasteiger partial charge in [-0.05, 0) is 62.7 Å². The number of ether oxygens (including phenoxy) is 1. The summed E-state index contributed by atoms with van der Waals surface area (Å²) in [4.78, 5) is 12.7. The molecule has 2 bridgehead atoms. The molecule has 7 heteroatoms. The number of carbonyl (C=O) groups is 1. The van der Waals surface area contributed by atoms with Crippen molar-refractivity contribution in [3.8, 4) is 0 Å². The highest BCUT2D eigenvalue weighted by Crippen LogP contribution is 2.29. The maximum absolute atomic E-state index is 15.2. The lowest BCUT2D eigenvalue weighted by Crippen LogP contribution is -2.32. The smallest absolute Gasteiger partial charge is 0.251 e. The minimum Gasteiger partial charge on any atom is -0.396 e. The van der Waals surface area contributed by atoms with Gasteiger partial charge in [0, 0.05) is 43.7 Å². The van der Waals surface area contributed by atoms with Crippen LogP contribution in [0.3, 0.4) is 0 Å². The number of aliphatic hydroxyl groups excluding tert-OH is 3. The van der Waals surface area contributed by atoms with Gasteiger partial charge < -0.3 is 25.4 Å². The van der Waals surface area contributed by atoms with Crippen molar-refractivity contribution < 1.29 is 29.2 Å². The second-order valence-corrected chi connectivity index (χ2v) is 10.0. The number of benzene rings is 1. The fourth-order valence-corrected chi connectivity index (χ4v) is 5.08. The number of nitrogens with one attached hydrogen (secondary N) is 1. The standard InChI is InChI=1S/C28H42FNO5/c1-17-12-21-9-7-11-24(25(21)29)30-28(34)18(2)8-6-10-22(15-31)27(35-5)20(4)14-19(3)26(33)23(13-17)16-32/h7-9,11,14,17,19,22-23,26-27,31-33H,6,10,12-13,15-16H2,1-5H3,(H,30,34)/b18-8+,20-14+/t17-,19+,22+,23+,26-,27-/m0/s1. The van der Waals surface area contributed by atoms with Crippen LogP contribution in [0.4, 0.5) is 10.1 Å². The first-order valence-corrected chi connectivity index (χ1v) is 12.5. The lowest BCUT2D eigenvalue weighted by Gasteiger charge is -2.29. The molecule has 1 aliphatic rings. The van der Waals surface area contributed by atoms with Crippen LogP contribution in [0.1, 0.15) is 52.5 Å². The average Bonchev–Trinajstić information content (AvgIpc) is 2.83. The van der Waals surface area contributed by atoms with Crippen molar-refractivity contribution in [3.05, 3.63) is 52.9 Å². The van der Waals surface area contributed by atoms with Crippen LogP contribution in [0, 0.1) is 29.5 Å². The van der Waals surface area contributed by atoms with E-state index >= 15 is 4.39 Å². The topological polar surface area (TPSA) is 99.0 Å². The van der Waals surface area contributed by atoms with Gasteiger partial charge in [0.25, 0.3) is 5.91 Å². The molecule has 0 fully saturated rings. The molecular formula is C28H42FNO5. The largest absolute Gasteiger partial charge is 0.396 e. The molecule has 0 unspecified atom stereocenters.